The number of hydrogen-bond acceptors (Lipinski definition) is 3. The summed E-state index contributed by atoms with van der Waals surface area (Å²) < 4.78 is 5.49. The van der Waals surface area contributed by atoms with Crippen LogP contribution in [0.3, 0.4) is 0 Å². The van der Waals surface area contributed by atoms with E-state index < -0.39 is 12.0 Å². The van der Waals surface area contributed by atoms with E-state index in [1.807, 2.05) is 30.3 Å². The molecule has 1 saturated heterocycles. The van der Waals surface area contributed by atoms with Crippen LogP contribution in [0.15, 0.2) is 30.3 Å². The van der Waals surface area contributed by atoms with Crippen LogP contribution in [0.4, 0.5) is 0 Å². The number of aliphatic carboxylic acids is 1. The summed E-state index contributed by atoms with van der Waals surface area (Å²) in [5.74, 6) is -0.860. The monoisotopic (exact) mass is 207 g/mol. The Balaban J connectivity index is 1.97. The number of carboxylic acids is 1. The topological polar surface area (TPSA) is 58.6 Å². The molecule has 1 aliphatic heterocycles. The highest BCUT2D eigenvalue weighted by atomic mass is 16.5. The predicted molar refractivity (Wildman–Crippen MR) is 54.6 cm³/mol. The molecule has 4 heteroatoms. The zero-order valence-electron chi connectivity index (χ0n) is 8.22. The van der Waals surface area contributed by atoms with Crippen molar-refractivity contribution in [2.24, 2.45) is 0 Å². The normalized spacial score (nSPS) is 26.1. The van der Waals surface area contributed by atoms with Crippen LogP contribution in [0.2, 0.25) is 0 Å². The molecule has 2 N–H and O–H groups in total. The molecule has 0 bridgehead atoms. The maximum absolute atomic E-state index is 10.7. The van der Waals surface area contributed by atoms with E-state index >= 15 is 0 Å². The van der Waals surface area contributed by atoms with Crippen LogP contribution in [-0.4, -0.2) is 30.3 Å². The third-order valence-corrected chi connectivity index (χ3v) is 2.48. The molecule has 1 heterocycles. The van der Waals surface area contributed by atoms with Gasteiger partial charge in [0.25, 0.3) is 0 Å². The molecule has 80 valence electrons. The largest absolute Gasteiger partial charge is 0.480 e. The molecule has 0 saturated carbocycles. The van der Waals surface area contributed by atoms with E-state index in [0.717, 1.165) is 5.56 Å². The highest BCUT2D eigenvalue weighted by Crippen LogP contribution is 2.19. The van der Waals surface area contributed by atoms with Crippen molar-refractivity contribution in [3.05, 3.63) is 35.9 Å². The van der Waals surface area contributed by atoms with Crippen molar-refractivity contribution in [2.45, 2.75) is 12.1 Å². The Hall–Kier alpha value is -1.39. The van der Waals surface area contributed by atoms with Gasteiger partial charge in [0.1, 0.15) is 6.04 Å². The van der Waals surface area contributed by atoms with Gasteiger partial charge >= 0.3 is 5.97 Å². The SMILES string of the molecule is O=C(O)C1COC(c2ccccc2)CN1. The molecule has 0 aromatic heterocycles. The minimum Gasteiger partial charge on any atom is -0.480 e. The van der Waals surface area contributed by atoms with Crippen LogP contribution in [0.1, 0.15) is 11.7 Å². The molecule has 1 aromatic carbocycles. The molecule has 2 unspecified atom stereocenters. The van der Waals surface area contributed by atoms with Crippen molar-refractivity contribution in [1.29, 1.82) is 0 Å². The number of ether oxygens (including phenoxy) is 1. The van der Waals surface area contributed by atoms with Crippen LogP contribution in [0.5, 0.6) is 0 Å². The second-order valence-electron chi connectivity index (χ2n) is 3.53. The van der Waals surface area contributed by atoms with Gasteiger partial charge in [-0.25, -0.2) is 0 Å². The first-order valence-electron chi connectivity index (χ1n) is 4.90. The predicted octanol–water partition coefficient (Wildman–Crippen LogP) is 0.801. The van der Waals surface area contributed by atoms with Gasteiger partial charge in [0, 0.05) is 6.54 Å². The molecule has 1 aromatic rings. The Morgan fingerprint density at radius 2 is 2.13 bits per heavy atom. The average molecular weight is 207 g/mol. The minimum absolute atomic E-state index is 0.0400. The second kappa shape index (κ2) is 4.42. The van der Waals surface area contributed by atoms with Crippen LogP contribution < -0.4 is 5.32 Å². The van der Waals surface area contributed by atoms with Crippen molar-refractivity contribution in [3.63, 3.8) is 0 Å². The first-order valence-corrected chi connectivity index (χ1v) is 4.90. The molecule has 4 nitrogen and oxygen atoms in total. The highest BCUT2D eigenvalue weighted by Gasteiger charge is 2.26. The number of nitrogens with one attached hydrogen (secondary N) is 1. The van der Waals surface area contributed by atoms with Crippen molar-refractivity contribution >= 4 is 5.97 Å². The summed E-state index contributed by atoms with van der Waals surface area (Å²) >= 11 is 0. The molecule has 2 rings (SSSR count). The van der Waals surface area contributed by atoms with Gasteiger partial charge < -0.3 is 9.84 Å². The first-order chi connectivity index (χ1) is 7.27. The third-order valence-electron chi connectivity index (χ3n) is 2.48. The number of carbonyl (C=O) groups is 1. The Bertz CT molecular complexity index is 331. The molecule has 0 spiro atoms. The van der Waals surface area contributed by atoms with E-state index in [0.29, 0.717) is 6.54 Å². The summed E-state index contributed by atoms with van der Waals surface area (Å²) in [6, 6.07) is 9.22. The lowest BCUT2D eigenvalue weighted by Crippen LogP contribution is -2.47. The van der Waals surface area contributed by atoms with Crippen molar-refractivity contribution in [2.75, 3.05) is 13.2 Å². The van der Waals surface area contributed by atoms with Crippen molar-refractivity contribution in [3.8, 4) is 0 Å². The maximum atomic E-state index is 10.7. The van der Waals surface area contributed by atoms with Gasteiger partial charge in [0.05, 0.1) is 12.7 Å². The van der Waals surface area contributed by atoms with Crippen molar-refractivity contribution < 1.29 is 14.6 Å². The molecule has 2 atom stereocenters. The molecule has 0 radical (unpaired) electrons. The van der Waals surface area contributed by atoms with Crippen molar-refractivity contribution in [1.82, 2.24) is 5.32 Å². The number of carboxylic acid groups (broad SMARTS) is 1. The summed E-state index contributed by atoms with van der Waals surface area (Å²) in [6.07, 6.45) is -0.0400. The zero-order valence-corrected chi connectivity index (χ0v) is 8.22. The molecule has 0 amide bonds. The Morgan fingerprint density at radius 1 is 1.40 bits per heavy atom. The van der Waals surface area contributed by atoms with E-state index in [-0.39, 0.29) is 12.7 Å². The Labute approximate surface area is 87.9 Å². The van der Waals surface area contributed by atoms with Gasteiger partial charge in [0.2, 0.25) is 0 Å². The Kier molecular flexibility index (Phi) is 2.99. The van der Waals surface area contributed by atoms with E-state index in [4.69, 9.17) is 9.84 Å². The van der Waals surface area contributed by atoms with E-state index in [9.17, 15) is 4.79 Å². The molecule has 15 heavy (non-hydrogen) atoms. The van der Waals surface area contributed by atoms with Crippen LogP contribution in [-0.2, 0) is 9.53 Å². The Morgan fingerprint density at radius 3 is 2.67 bits per heavy atom. The quantitative estimate of drug-likeness (QED) is 0.753. The lowest BCUT2D eigenvalue weighted by Gasteiger charge is -2.28. The second-order valence-corrected chi connectivity index (χ2v) is 3.53. The van der Waals surface area contributed by atoms with Gasteiger partial charge in [-0.15, -0.1) is 0 Å². The fraction of sp³-hybridized carbons (Fsp3) is 0.364. The van der Waals surface area contributed by atoms with E-state index in [1.54, 1.807) is 0 Å². The first kappa shape index (κ1) is 10.1. The smallest absolute Gasteiger partial charge is 0.323 e. The number of benzene rings is 1. The summed E-state index contributed by atoms with van der Waals surface area (Å²) in [4.78, 5) is 10.7. The van der Waals surface area contributed by atoms with Crippen LogP contribution in [0.25, 0.3) is 0 Å². The molecule has 1 aliphatic rings. The maximum Gasteiger partial charge on any atom is 0.323 e. The summed E-state index contributed by atoms with van der Waals surface area (Å²) in [5, 5.41) is 11.7. The standard InChI is InChI=1S/C11H13NO3/c13-11(14)9-7-15-10(6-12-9)8-4-2-1-3-5-8/h1-5,9-10,12H,6-7H2,(H,13,14). The lowest BCUT2D eigenvalue weighted by molar-refractivity contribution is -0.144. The third kappa shape index (κ3) is 2.34. The minimum atomic E-state index is -0.860. The zero-order chi connectivity index (χ0) is 10.7. The fourth-order valence-corrected chi connectivity index (χ4v) is 1.62. The number of rotatable bonds is 2. The molecule has 0 aliphatic carbocycles. The van der Waals surface area contributed by atoms with Gasteiger partial charge in [-0.2, -0.15) is 0 Å². The van der Waals surface area contributed by atoms with Gasteiger partial charge in [0.15, 0.2) is 0 Å². The van der Waals surface area contributed by atoms with Gasteiger partial charge in [-0.1, -0.05) is 30.3 Å². The highest BCUT2D eigenvalue weighted by molar-refractivity contribution is 5.73. The fourth-order valence-electron chi connectivity index (χ4n) is 1.62. The number of hydrogen-bond donors (Lipinski definition) is 2. The van der Waals surface area contributed by atoms with Gasteiger partial charge in [-0.3, -0.25) is 10.1 Å². The summed E-state index contributed by atoms with van der Waals surface area (Å²) in [6.45, 7) is 0.760. The van der Waals surface area contributed by atoms with E-state index in [2.05, 4.69) is 5.32 Å². The molecular weight excluding hydrogens is 194 g/mol. The van der Waals surface area contributed by atoms with Gasteiger partial charge in [-0.05, 0) is 5.56 Å². The molecule has 1 fully saturated rings. The average Bonchev–Trinajstić information content (AvgIpc) is 2.30. The van der Waals surface area contributed by atoms with Crippen LogP contribution in [0, 0.1) is 0 Å². The summed E-state index contributed by atoms with van der Waals surface area (Å²) in [7, 11) is 0. The summed E-state index contributed by atoms with van der Waals surface area (Å²) in [5.41, 5.74) is 1.08. The number of morpholine rings is 1. The van der Waals surface area contributed by atoms with E-state index in [1.165, 1.54) is 0 Å². The lowest BCUT2D eigenvalue weighted by atomic mass is 10.1. The molecular formula is C11H13NO3. The van der Waals surface area contributed by atoms with Crippen LogP contribution >= 0.6 is 0 Å².